The third-order valence-corrected chi connectivity index (χ3v) is 5.69. The van der Waals surface area contributed by atoms with Crippen LogP contribution in [0.5, 0.6) is 0 Å². The summed E-state index contributed by atoms with van der Waals surface area (Å²) in [4.78, 5) is 8.96. The Balaban J connectivity index is 1.47. The number of nitrogens with zero attached hydrogens (tertiary/aromatic N) is 5. The van der Waals surface area contributed by atoms with Crippen molar-refractivity contribution in [2.75, 3.05) is 0 Å². The van der Waals surface area contributed by atoms with Gasteiger partial charge in [0.2, 0.25) is 0 Å². The number of benzene rings is 1. The molecule has 0 aliphatic rings. The van der Waals surface area contributed by atoms with Crippen LogP contribution in [0, 0.1) is 5.82 Å². The predicted molar refractivity (Wildman–Crippen MR) is 101 cm³/mol. The Labute approximate surface area is 158 Å². The first-order chi connectivity index (χ1) is 12.7. The molecule has 0 spiro atoms. The van der Waals surface area contributed by atoms with Gasteiger partial charge in [-0.05, 0) is 36.4 Å². The number of aromatic nitrogens is 5. The molecule has 0 unspecified atom stereocenters. The number of thioether (sulfide) groups is 1. The first-order valence-corrected chi connectivity index (χ1v) is 9.71. The van der Waals surface area contributed by atoms with E-state index >= 15 is 0 Å². The zero-order valence-electron chi connectivity index (χ0n) is 13.8. The third-order valence-electron chi connectivity index (χ3n) is 3.72. The number of rotatable bonds is 5. The van der Waals surface area contributed by atoms with Crippen molar-refractivity contribution in [2.24, 2.45) is 7.05 Å². The molecule has 26 heavy (non-hydrogen) atoms. The van der Waals surface area contributed by atoms with Gasteiger partial charge in [-0.3, -0.25) is 4.98 Å². The molecule has 0 saturated heterocycles. The highest BCUT2D eigenvalue weighted by Gasteiger charge is 2.13. The number of hydrogen-bond donors (Lipinski definition) is 0. The van der Waals surface area contributed by atoms with Gasteiger partial charge in [0.15, 0.2) is 11.0 Å². The summed E-state index contributed by atoms with van der Waals surface area (Å²) >= 11 is 3.15. The molecular weight excluding hydrogens is 369 g/mol. The van der Waals surface area contributed by atoms with Gasteiger partial charge in [-0.1, -0.05) is 17.8 Å². The van der Waals surface area contributed by atoms with E-state index in [0.29, 0.717) is 11.6 Å². The smallest absolute Gasteiger partial charge is 0.191 e. The van der Waals surface area contributed by atoms with E-state index in [0.717, 1.165) is 27.1 Å². The maximum absolute atomic E-state index is 13.1. The van der Waals surface area contributed by atoms with Crippen molar-refractivity contribution in [3.05, 3.63) is 65.6 Å². The standard InChI is InChI=1S/C18H14FN5S2/c1-24-16(12-5-7-13(19)8-6-12)22-23-18(24)26-11-14-10-25-17(21-14)15-4-2-3-9-20-15/h2-10H,11H2,1H3. The first-order valence-electron chi connectivity index (χ1n) is 7.84. The van der Waals surface area contributed by atoms with E-state index in [2.05, 4.69) is 20.2 Å². The fourth-order valence-corrected chi connectivity index (χ4v) is 4.11. The van der Waals surface area contributed by atoms with Gasteiger partial charge < -0.3 is 4.57 Å². The average Bonchev–Trinajstić information content (AvgIpc) is 3.29. The van der Waals surface area contributed by atoms with Crippen molar-refractivity contribution < 1.29 is 4.39 Å². The number of pyridine rings is 1. The molecule has 0 N–H and O–H groups in total. The molecule has 3 aromatic heterocycles. The molecule has 8 heteroatoms. The molecule has 1 aromatic carbocycles. The minimum atomic E-state index is -0.266. The van der Waals surface area contributed by atoms with Crippen LogP contribution >= 0.6 is 23.1 Å². The van der Waals surface area contributed by atoms with E-state index in [1.54, 1.807) is 41.4 Å². The Morgan fingerprint density at radius 1 is 1.12 bits per heavy atom. The Morgan fingerprint density at radius 3 is 2.73 bits per heavy atom. The van der Waals surface area contributed by atoms with Crippen LogP contribution in [0.25, 0.3) is 22.1 Å². The molecule has 0 aliphatic heterocycles. The predicted octanol–water partition coefficient (Wildman–Crippen LogP) is 4.43. The van der Waals surface area contributed by atoms with Gasteiger partial charge in [-0.15, -0.1) is 21.5 Å². The van der Waals surface area contributed by atoms with Crippen LogP contribution in [-0.4, -0.2) is 24.7 Å². The molecule has 0 aliphatic carbocycles. The zero-order chi connectivity index (χ0) is 17.9. The summed E-state index contributed by atoms with van der Waals surface area (Å²) in [5.74, 6) is 1.14. The van der Waals surface area contributed by atoms with Gasteiger partial charge >= 0.3 is 0 Å². The van der Waals surface area contributed by atoms with Crippen LogP contribution in [0.4, 0.5) is 4.39 Å². The third kappa shape index (κ3) is 3.51. The summed E-state index contributed by atoms with van der Waals surface area (Å²) in [5.41, 5.74) is 2.69. The van der Waals surface area contributed by atoms with Crippen molar-refractivity contribution in [3.8, 4) is 22.1 Å². The van der Waals surface area contributed by atoms with Crippen LogP contribution in [0.2, 0.25) is 0 Å². The summed E-state index contributed by atoms with van der Waals surface area (Å²) in [6.07, 6.45) is 1.77. The topological polar surface area (TPSA) is 56.5 Å². The van der Waals surface area contributed by atoms with Crippen molar-refractivity contribution in [3.63, 3.8) is 0 Å². The summed E-state index contributed by atoms with van der Waals surface area (Å²) in [6, 6.07) is 12.0. The number of hydrogen-bond acceptors (Lipinski definition) is 6. The van der Waals surface area contributed by atoms with Crippen molar-refractivity contribution in [2.45, 2.75) is 10.9 Å². The Kier molecular flexibility index (Phi) is 4.77. The first kappa shape index (κ1) is 16.9. The molecule has 0 radical (unpaired) electrons. The van der Waals surface area contributed by atoms with Crippen molar-refractivity contribution >= 4 is 23.1 Å². The Hall–Kier alpha value is -2.58. The fraction of sp³-hybridized carbons (Fsp3) is 0.111. The van der Waals surface area contributed by atoms with Crippen LogP contribution in [-0.2, 0) is 12.8 Å². The second-order valence-corrected chi connectivity index (χ2v) is 7.32. The lowest BCUT2D eigenvalue weighted by Crippen LogP contribution is -1.95. The lowest BCUT2D eigenvalue weighted by atomic mass is 10.2. The molecule has 130 valence electrons. The van der Waals surface area contributed by atoms with Crippen molar-refractivity contribution in [1.29, 1.82) is 0 Å². The highest BCUT2D eigenvalue weighted by Crippen LogP contribution is 2.28. The molecule has 4 rings (SSSR count). The van der Waals surface area contributed by atoms with Gasteiger partial charge in [0.05, 0.1) is 11.4 Å². The summed E-state index contributed by atoms with van der Waals surface area (Å²) in [7, 11) is 1.90. The summed E-state index contributed by atoms with van der Waals surface area (Å²) < 4.78 is 15.0. The van der Waals surface area contributed by atoms with E-state index in [1.807, 2.05) is 35.2 Å². The molecular formula is C18H14FN5S2. The number of halogens is 1. The molecule has 0 fully saturated rings. The maximum atomic E-state index is 13.1. The fourth-order valence-electron chi connectivity index (χ4n) is 2.41. The molecule has 0 bridgehead atoms. The SMILES string of the molecule is Cn1c(SCc2csc(-c3ccccn3)n2)nnc1-c1ccc(F)cc1. The van der Waals surface area contributed by atoms with Crippen LogP contribution < -0.4 is 0 Å². The van der Waals surface area contributed by atoms with Gasteiger partial charge in [-0.25, -0.2) is 9.37 Å². The monoisotopic (exact) mass is 383 g/mol. The molecule has 3 heterocycles. The van der Waals surface area contributed by atoms with Crippen molar-refractivity contribution in [1.82, 2.24) is 24.7 Å². The second kappa shape index (κ2) is 7.35. The van der Waals surface area contributed by atoms with E-state index in [1.165, 1.54) is 12.1 Å². The highest BCUT2D eigenvalue weighted by molar-refractivity contribution is 7.98. The van der Waals surface area contributed by atoms with E-state index in [-0.39, 0.29) is 5.82 Å². The second-order valence-electron chi connectivity index (χ2n) is 5.52. The van der Waals surface area contributed by atoms with E-state index in [4.69, 9.17) is 0 Å². The quantitative estimate of drug-likeness (QED) is 0.477. The molecule has 0 amide bonds. The van der Waals surface area contributed by atoms with Crippen LogP contribution in [0.3, 0.4) is 0 Å². The number of thiazole rings is 1. The van der Waals surface area contributed by atoms with Crippen LogP contribution in [0.1, 0.15) is 5.69 Å². The largest absolute Gasteiger partial charge is 0.305 e. The molecule has 4 aromatic rings. The maximum Gasteiger partial charge on any atom is 0.191 e. The van der Waals surface area contributed by atoms with E-state index < -0.39 is 0 Å². The summed E-state index contributed by atoms with van der Waals surface area (Å²) in [5, 5.41) is 12.2. The van der Waals surface area contributed by atoms with Gasteiger partial charge in [0.25, 0.3) is 0 Å². The van der Waals surface area contributed by atoms with Crippen LogP contribution in [0.15, 0.2) is 59.2 Å². The average molecular weight is 383 g/mol. The highest BCUT2D eigenvalue weighted by atomic mass is 32.2. The lowest BCUT2D eigenvalue weighted by molar-refractivity contribution is 0.628. The van der Waals surface area contributed by atoms with Gasteiger partial charge in [-0.2, -0.15) is 0 Å². The van der Waals surface area contributed by atoms with E-state index in [9.17, 15) is 4.39 Å². The Morgan fingerprint density at radius 2 is 1.96 bits per heavy atom. The minimum absolute atomic E-state index is 0.266. The zero-order valence-corrected chi connectivity index (χ0v) is 15.5. The van der Waals surface area contributed by atoms with Gasteiger partial charge in [0.1, 0.15) is 10.8 Å². The minimum Gasteiger partial charge on any atom is -0.305 e. The molecule has 0 saturated carbocycles. The normalized spacial score (nSPS) is 11.0. The molecule has 0 atom stereocenters. The van der Waals surface area contributed by atoms with Gasteiger partial charge in [0, 0.05) is 29.9 Å². The lowest BCUT2D eigenvalue weighted by Gasteiger charge is -2.03. The Bertz CT molecular complexity index is 1010. The molecule has 5 nitrogen and oxygen atoms in total. The summed E-state index contributed by atoms with van der Waals surface area (Å²) in [6.45, 7) is 0.